The highest BCUT2D eigenvalue weighted by Gasteiger charge is 2.23. The van der Waals surface area contributed by atoms with Crippen molar-refractivity contribution in [3.63, 3.8) is 0 Å². The number of nitrogens with one attached hydrogen (secondary N) is 1. The fraction of sp³-hybridized carbons (Fsp3) is 0.643. The summed E-state index contributed by atoms with van der Waals surface area (Å²) < 4.78 is 6.17. The number of carbonyl (C=O) groups excluding carboxylic acids is 1. The molecule has 0 saturated carbocycles. The second-order valence-electron chi connectivity index (χ2n) is 4.31. The molecular formula is C14H23BrN2O2S. The van der Waals surface area contributed by atoms with Gasteiger partial charge in [-0.15, -0.1) is 11.3 Å². The Labute approximate surface area is 133 Å². The predicted molar refractivity (Wildman–Crippen MR) is 87.2 cm³/mol. The monoisotopic (exact) mass is 362 g/mol. The van der Waals surface area contributed by atoms with E-state index in [1.165, 1.54) is 0 Å². The third-order valence-electron chi connectivity index (χ3n) is 3.07. The number of halogens is 1. The molecule has 0 bridgehead atoms. The Balaban J connectivity index is 2.62. The average Bonchev–Trinajstić information content (AvgIpc) is 2.85. The van der Waals surface area contributed by atoms with Crippen LogP contribution < -0.4 is 5.32 Å². The van der Waals surface area contributed by atoms with Crippen molar-refractivity contribution in [3.05, 3.63) is 20.8 Å². The maximum atomic E-state index is 12.1. The summed E-state index contributed by atoms with van der Waals surface area (Å²) in [6, 6.07) is 3.54. The maximum absolute atomic E-state index is 12.1. The van der Waals surface area contributed by atoms with E-state index < -0.39 is 0 Å². The zero-order chi connectivity index (χ0) is 15.0. The van der Waals surface area contributed by atoms with Gasteiger partial charge in [0.1, 0.15) is 6.04 Å². The smallest absolute Gasteiger partial charge is 0.328 e. The van der Waals surface area contributed by atoms with E-state index in [-0.39, 0.29) is 12.0 Å². The molecule has 0 spiro atoms. The molecule has 0 aliphatic rings. The molecule has 1 heterocycles. The van der Waals surface area contributed by atoms with Crippen LogP contribution in [-0.4, -0.2) is 43.7 Å². The Morgan fingerprint density at radius 2 is 2.10 bits per heavy atom. The summed E-state index contributed by atoms with van der Waals surface area (Å²) in [7, 11) is 0. The molecule has 0 fully saturated rings. The average molecular weight is 363 g/mol. The second kappa shape index (κ2) is 9.50. The molecular weight excluding hydrogens is 340 g/mol. The van der Waals surface area contributed by atoms with Crippen LogP contribution in [0.1, 0.15) is 31.7 Å². The molecule has 114 valence electrons. The minimum atomic E-state index is -0.373. The zero-order valence-electron chi connectivity index (χ0n) is 12.3. The van der Waals surface area contributed by atoms with Crippen LogP contribution in [0.4, 0.5) is 0 Å². The summed E-state index contributed by atoms with van der Waals surface area (Å²) in [4.78, 5) is 15.4. The van der Waals surface area contributed by atoms with Gasteiger partial charge in [-0.25, -0.2) is 4.79 Å². The van der Waals surface area contributed by atoms with Gasteiger partial charge in [0.2, 0.25) is 0 Å². The van der Waals surface area contributed by atoms with Crippen molar-refractivity contribution >= 4 is 33.2 Å². The Bertz CT molecular complexity index is 408. The molecule has 0 aliphatic carbocycles. The SMILES string of the molecule is CCOC(=O)C(NCCN(CC)CC)c1ccc(Br)s1. The molecule has 1 aromatic heterocycles. The van der Waals surface area contributed by atoms with Gasteiger partial charge in [0.05, 0.1) is 10.4 Å². The molecule has 0 amide bonds. The lowest BCUT2D eigenvalue weighted by atomic mass is 10.2. The van der Waals surface area contributed by atoms with Crippen LogP contribution in [-0.2, 0) is 9.53 Å². The second-order valence-corrected chi connectivity index (χ2v) is 6.80. The molecule has 1 aromatic rings. The van der Waals surface area contributed by atoms with Crippen LogP contribution in [0.5, 0.6) is 0 Å². The van der Waals surface area contributed by atoms with Crippen LogP contribution >= 0.6 is 27.3 Å². The van der Waals surface area contributed by atoms with Gasteiger partial charge in [-0.1, -0.05) is 13.8 Å². The molecule has 0 aromatic carbocycles. The highest BCUT2D eigenvalue weighted by atomic mass is 79.9. The molecule has 1 atom stereocenters. The molecule has 4 nitrogen and oxygen atoms in total. The van der Waals surface area contributed by atoms with E-state index >= 15 is 0 Å². The number of nitrogens with zero attached hydrogens (tertiary/aromatic N) is 1. The van der Waals surface area contributed by atoms with Crippen molar-refractivity contribution in [1.29, 1.82) is 0 Å². The van der Waals surface area contributed by atoms with Crippen LogP contribution in [0.3, 0.4) is 0 Å². The number of ether oxygens (including phenoxy) is 1. The van der Waals surface area contributed by atoms with Crippen LogP contribution in [0.25, 0.3) is 0 Å². The molecule has 20 heavy (non-hydrogen) atoms. The Morgan fingerprint density at radius 1 is 1.40 bits per heavy atom. The standard InChI is InChI=1S/C14H23BrN2O2S/c1-4-17(5-2)10-9-16-13(14(18)19-6-3)11-7-8-12(15)20-11/h7-8,13,16H,4-6,9-10H2,1-3H3. The maximum Gasteiger partial charge on any atom is 0.328 e. The normalized spacial score (nSPS) is 12.7. The van der Waals surface area contributed by atoms with E-state index in [4.69, 9.17) is 4.74 Å². The fourth-order valence-corrected chi connectivity index (χ4v) is 3.40. The van der Waals surface area contributed by atoms with Gasteiger partial charge in [-0.2, -0.15) is 0 Å². The van der Waals surface area contributed by atoms with E-state index in [1.54, 1.807) is 11.3 Å². The summed E-state index contributed by atoms with van der Waals surface area (Å²) in [5, 5.41) is 3.31. The molecule has 0 radical (unpaired) electrons. The van der Waals surface area contributed by atoms with Gasteiger partial charge in [0.25, 0.3) is 0 Å². The van der Waals surface area contributed by atoms with Gasteiger partial charge in [0, 0.05) is 18.0 Å². The summed E-state index contributed by atoms with van der Waals surface area (Å²) >= 11 is 4.99. The van der Waals surface area contributed by atoms with Crippen LogP contribution in [0.2, 0.25) is 0 Å². The lowest BCUT2D eigenvalue weighted by Gasteiger charge is -2.21. The molecule has 6 heteroatoms. The Hall–Kier alpha value is -0.430. The van der Waals surface area contributed by atoms with E-state index in [0.29, 0.717) is 6.61 Å². The van der Waals surface area contributed by atoms with Crippen molar-refractivity contribution in [2.45, 2.75) is 26.8 Å². The van der Waals surface area contributed by atoms with Crippen LogP contribution in [0, 0.1) is 0 Å². The summed E-state index contributed by atoms with van der Waals surface area (Å²) in [6.45, 7) is 10.2. The fourth-order valence-electron chi connectivity index (χ4n) is 1.92. The van der Waals surface area contributed by atoms with Crippen molar-refractivity contribution in [3.8, 4) is 0 Å². The first-order valence-corrected chi connectivity index (χ1v) is 8.60. The topological polar surface area (TPSA) is 41.6 Å². The largest absolute Gasteiger partial charge is 0.465 e. The number of rotatable bonds is 9. The first-order chi connectivity index (χ1) is 9.62. The van der Waals surface area contributed by atoms with E-state index in [9.17, 15) is 4.79 Å². The third-order valence-corrected chi connectivity index (χ3v) is 4.76. The van der Waals surface area contributed by atoms with E-state index in [1.807, 2.05) is 19.1 Å². The lowest BCUT2D eigenvalue weighted by molar-refractivity contribution is -0.145. The highest BCUT2D eigenvalue weighted by Crippen LogP contribution is 2.28. The summed E-state index contributed by atoms with van der Waals surface area (Å²) in [6.07, 6.45) is 0. The first kappa shape index (κ1) is 17.6. The van der Waals surface area contributed by atoms with Gasteiger partial charge < -0.3 is 9.64 Å². The Morgan fingerprint density at radius 3 is 2.60 bits per heavy atom. The number of esters is 1. The molecule has 1 unspecified atom stereocenters. The molecule has 0 aliphatic heterocycles. The number of hydrogen-bond donors (Lipinski definition) is 1. The lowest BCUT2D eigenvalue weighted by Crippen LogP contribution is -2.36. The summed E-state index contributed by atoms with van der Waals surface area (Å²) in [5.41, 5.74) is 0. The minimum Gasteiger partial charge on any atom is -0.465 e. The highest BCUT2D eigenvalue weighted by molar-refractivity contribution is 9.11. The van der Waals surface area contributed by atoms with E-state index in [0.717, 1.165) is 34.8 Å². The molecule has 0 saturated heterocycles. The number of likely N-dealkylation sites (N-methyl/N-ethyl adjacent to an activating group) is 1. The molecule has 1 rings (SSSR count). The van der Waals surface area contributed by atoms with Gasteiger partial charge in [-0.3, -0.25) is 5.32 Å². The predicted octanol–water partition coefficient (Wildman–Crippen LogP) is 3.05. The van der Waals surface area contributed by atoms with Crippen LogP contribution in [0.15, 0.2) is 15.9 Å². The summed E-state index contributed by atoms with van der Waals surface area (Å²) in [5.74, 6) is -0.207. The van der Waals surface area contributed by atoms with Gasteiger partial charge >= 0.3 is 5.97 Å². The zero-order valence-corrected chi connectivity index (χ0v) is 14.7. The number of thiophene rings is 1. The van der Waals surface area contributed by atoms with Crippen molar-refractivity contribution < 1.29 is 9.53 Å². The van der Waals surface area contributed by atoms with Crippen molar-refractivity contribution in [2.24, 2.45) is 0 Å². The van der Waals surface area contributed by atoms with E-state index in [2.05, 4.69) is 40.0 Å². The van der Waals surface area contributed by atoms with Gasteiger partial charge in [-0.05, 0) is 48.1 Å². The first-order valence-electron chi connectivity index (χ1n) is 6.99. The third kappa shape index (κ3) is 5.52. The quantitative estimate of drug-likeness (QED) is 0.685. The Kier molecular flexibility index (Phi) is 8.37. The molecule has 1 N–H and O–H groups in total. The number of carbonyl (C=O) groups is 1. The number of hydrogen-bond acceptors (Lipinski definition) is 5. The van der Waals surface area contributed by atoms with Crippen molar-refractivity contribution in [2.75, 3.05) is 32.8 Å². The minimum absolute atomic E-state index is 0.207. The van der Waals surface area contributed by atoms with Gasteiger partial charge in [0.15, 0.2) is 0 Å². The van der Waals surface area contributed by atoms with Crippen molar-refractivity contribution in [1.82, 2.24) is 10.2 Å².